The lowest BCUT2D eigenvalue weighted by atomic mass is 10.1. The molecule has 0 radical (unpaired) electrons. The van der Waals surface area contributed by atoms with Gasteiger partial charge in [0.05, 0.1) is 6.42 Å². The van der Waals surface area contributed by atoms with Gasteiger partial charge >= 0.3 is 11.9 Å². The van der Waals surface area contributed by atoms with Gasteiger partial charge < -0.3 is 20.8 Å². The van der Waals surface area contributed by atoms with Crippen molar-refractivity contribution in [2.24, 2.45) is 0 Å². The zero-order valence-electron chi connectivity index (χ0n) is 11.1. The molecular weight excluding hydrogens is 280 g/mol. The molecule has 1 atom stereocenters. The summed E-state index contributed by atoms with van der Waals surface area (Å²) < 4.78 is 0. The zero-order valence-corrected chi connectivity index (χ0v) is 11.1. The SMILES string of the molecule is CC(=O)Nc1ccc(C(=O)N[C@H](CC(=O)O)C(=O)O)cc1. The Morgan fingerprint density at radius 2 is 1.67 bits per heavy atom. The fraction of sp³-hybridized carbons (Fsp3) is 0.231. The number of anilines is 1. The molecule has 0 aliphatic carbocycles. The van der Waals surface area contributed by atoms with Gasteiger partial charge in [-0.05, 0) is 24.3 Å². The quantitative estimate of drug-likeness (QED) is 0.596. The van der Waals surface area contributed by atoms with Crippen LogP contribution in [0.2, 0.25) is 0 Å². The van der Waals surface area contributed by atoms with Crippen molar-refractivity contribution in [2.45, 2.75) is 19.4 Å². The fourth-order valence-electron chi connectivity index (χ4n) is 1.52. The summed E-state index contributed by atoms with van der Waals surface area (Å²) in [4.78, 5) is 44.0. The number of carbonyl (C=O) groups is 4. The highest BCUT2D eigenvalue weighted by Gasteiger charge is 2.23. The van der Waals surface area contributed by atoms with Crippen molar-refractivity contribution >= 4 is 29.4 Å². The van der Waals surface area contributed by atoms with Crippen LogP contribution in [0.25, 0.3) is 0 Å². The van der Waals surface area contributed by atoms with Crippen LogP contribution in [-0.4, -0.2) is 40.0 Å². The third-order valence-electron chi connectivity index (χ3n) is 2.45. The smallest absolute Gasteiger partial charge is 0.326 e. The number of hydrogen-bond acceptors (Lipinski definition) is 4. The Labute approximate surface area is 119 Å². The topological polar surface area (TPSA) is 133 Å². The highest BCUT2D eigenvalue weighted by molar-refractivity contribution is 5.98. The summed E-state index contributed by atoms with van der Waals surface area (Å²) in [6.45, 7) is 1.34. The van der Waals surface area contributed by atoms with Crippen LogP contribution in [-0.2, 0) is 14.4 Å². The summed E-state index contributed by atoms with van der Waals surface area (Å²) in [7, 11) is 0. The van der Waals surface area contributed by atoms with E-state index < -0.39 is 30.3 Å². The molecule has 0 spiro atoms. The normalized spacial score (nSPS) is 11.3. The summed E-state index contributed by atoms with van der Waals surface area (Å²) in [5, 5.41) is 22.0. The summed E-state index contributed by atoms with van der Waals surface area (Å²) >= 11 is 0. The predicted molar refractivity (Wildman–Crippen MR) is 71.9 cm³/mol. The van der Waals surface area contributed by atoms with Crippen molar-refractivity contribution in [1.29, 1.82) is 0 Å². The summed E-state index contributed by atoms with van der Waals surface area (Å²) in [6.07, 6.45) is -0.717. The van der Waals surface area contributed by atoms with Crippen LogP contribution in [0.5, 0.6) is 0 Å². The lowest BCUT2D eigenvalue weighted by Gasteiger charge is -2.12. The van der Waals surface area contributed by atoms with Gasteiger partial charge in [0.1, 0.15) is 6.04 Å². The number of carbonyl (C=O) groups excluding carboxylic acids is 2. The molecule has 4 N–H and O–H groups in total. The van der Waals surface area contributed by atoms with E-state index in [1.807, 2.05) is 0 Å². The summed E-state index contributed by atoms with van der Waals surface area (Å²) in [5.41, 5.74) is 0.639. The number of amides is 2. The molecule has 0 aliphatic heterocycles. The summed E-state index contributed by atoms with van der Waals surface area (Å²) in [6, 6.07) is 4.22. The maximum Gasteiger partial charge on any atom is 0.326 e. The van der Waals surface area contributed by atoms with Crippen LogP contribution in [0.3, 0.4) is 0 Å². The monoisotopic (exact) mass is 294 g/mol. The summed E-state index contributed by atoms with van der Waals surface area (Å²) in [5.74, 6) is -3.73. The first-order valence-electron chi connectivity index (χ1n) is 5.92. The maximum absolute atomic E-state index is 11.8. The molecule has 8 heteroatoms. The Kier molecular flexibility index (Phi) is 5.41. The molecule has 0 saturated heterocycles. The maximum atomic E-state index is 11.8. The van der Waals surface area contributed by atoms with Crippen molar-refractivity contribution in [1.82, 2.24) is 5.32 Å². The van der Waals surface area contributed by atoms with Gasteiger partial charge in [-0.25, -0.2) is 4.79 Å². The third-order valence-corrected chi connectivity index (χ3v) is 2.45. The van der Waals surface area contributed by atoms with Crippen molar-refractivity contribution < 1.29 is 29.4 Å². The van der Waals surface area contributed by atoms with Crippen LogP contribution >= 0.6 is 0 Å². The first kappa shape index (κ1) is 16.2. The second-order valence-electron chi connectivity index (χ2n) is 4.22. The molecule has 0 aromatic heterocycles. The van der Waals surface area contributed by atoms with E-state index in [1.165, 1.54) is 31.2 Å². The number of hydrogen-bond donors (Lipinski definition) is 4. The molecule has 0 fully saturated rings. The van der Waals surface area contributed by atoms with Crippen LogP contribution in [0, 0.1) is 0 Å². The second-order valence-corrected chi connectivity index (χ2v) is 4.22. The number of rotatable bonds is 6. The standard InChI is InChI=1S/C13H14N2O6/c1-7(16)14-9-4-2-8(3-5-9)12(19)15-10(13(20)21)6-11(17)18/h2-5,10H,6H2,1H3,(H,14,16)(H,15,19)(H,17,18)(H,20,21)/t10-/m1/s1. The lowest BCUT2D eigenvalue weighted by Crippen LogP contribution is -2.42. The Balaban J connectivity index is 2.76. The van der Waals surface area contributed by atoms with Gasteiger partial charge in [0.15, 0.2) is 0 Å². The van der Waals surface area contributed by atoms with E-state index in [0.717, 1.165) is 0 Å². The van der Waals surface area contributed by atoms with E-state index >= 15 is 0 Å². The largest absolute Gasteiger partial charge is 0.481 e. The highest BCUT2D eigenvalue weighted by atomic mass is 16.4. The number of nitrogens with one attached hydrogen (secondary N) is 2. The first-order valence-corrected chi connectivity index (χ1v) is 5.92. The lowest BCUT2D eigenvalue weighted by molar-refractivity contribution is -0.145. The van der Waals surface area contributed by atoms with E-state index in [0.29, 0.717) is 5.69 Å². The molecule has 0 saturated carbocycles. The highest BCUT2D eigenvalue weighted by Crippen LogP contribution is 2.10. The number of aliphatic carboxylic acids is 2. The molecule has 1 aromatic rings. The molecule has 0 heterocycles. The molecule has 0 unspecified atom stereocenters. The van der Waals surface area contributed by atoms with Crippen molar-refractivity contribution in [3.63, 3.8) is 0 Å². The minimum Gasteiger partial charge on any atom is -0.481 e. The Morgan fingerprint density at radius 3 is 2.10 bits per heavy atom. The van der Waals surface area contributed by atoms with Gasteiger partial charge in [-0.1, -0.05) is 0 Å². The molecule has 2 amide bonds. The third kappa shape index (κ3) is 5.31. The Morgan fingerprint density at radius 1 is 1.10 bits per heavy atom. The molecule has 1 rings (SSSR count). The molecular formula is C13H14N2O6. The van der Waals surface area contributed by atoms with Crippen molar-refractivity contribution in [2.75, 3.05) is 5.32 Å². The van der Waals surface area contributed by atoms with Gasteiger partial charge in [-0.3, -0.25) is 14.4 Å². The Hall–Kier alpha value is -2.90. The minimum absolute atomic E-state index is 0.153. The molecule has 0 aliphatic rings. The fourth-order valence-corrected chi connectivity index (χ4v) is 1.52. The van der Waals surface area contributed by atoms with Gasteiger partial charge in [0.25, 0.3) is 5.91 Å². The average Bonchev–Trinajstić information content (AvgIpc) is 2.37. The van der Waals surface area contributed by atoms with Crippen molar-refractivity contribution in [3.8, 4) is 0 Å². The van der Waals surface area contributed by atoms with E-state index in [1.54, 1.807) is 0 Å². The van der Waals surface area contributed by atoms with Crippen LogP contribution in [0.1, 0.15) is 23.7 Å². The number of carboxylic acids is 2. The van der Waals surface area contributed by atoms with Crippen molar-refractivity contribution in [3.05, 3.63) is 29.8 Å². The number of benzene rings is 1. The van der Waals surface area contributed by atoms with E-state index in [9.17, 15) is 19.2 Å². The van der Waals surface area contributed by atoms with Gasteiger partial charge in [0, 0.05) is 18.2 Å². The van der Waals surface area contributed by atoms with Crippen LogP contribution in [0.4, 0.5) is 5.69 Å². The van der Waals surface area contributed by atoms with Gasteiger partial charge in [-0.2, -0.15) is 0 Å². The zero-order chi connectivity index (χ0) is 16.0. The molecule has 0 bridgehead atoms. The molecule has 1 aromatic carbocycles. The second kappa shape index (κ2) is 7.04. The predicted octanol–water partition coefficient (Wildman–Crippen LogP) is 0.303. The van der Waals surface area contributed by atoms with E-state index in [4.69, 9.17) is 10.2 Å². The molecule has 21 heavy (non-hydrogen) atoms. The minimum atomic E-state index is -1.51. The average molecular weight is 294 g/mol. The van der Waals surface area contributed by atoms with E-state index in [-0.39, 0.29) is 11.5 Å². The first-order chi connectivity index (χ1) is 9.79. The van der Waals surface area contributed by atoms with Gasteiger partial charge in [0.2, 0.25) is 5.91 Å². The number of carboxylic acid groups (broad SMARTS) is 2. The molecule has 8 nitrogen and oxygen atoms in total. The van der Waals surface area contributed by atoms with Gasteiger partial charge in [-0.15, -0.1) is 0 Å². The molecule has 112 valence electrons. The van der Waals surface area contributed by atoms with Crippen LogP contribution in [0.15, 0.2) is 24.3 Å². The van der Waals surface area contributed by atoms with E-state index in [2.05, 4.69) is 10.6 Å². The van der Waals surface area contributed by atoms with Crippen LogP contribution < -0.4 is 10.6 Å². The Bertz CT molecular complexity index is 567.